The number of amides is 1. The smallest absolute Gasteiger partial charge is 0.407 e. The van der Waals surface area contributed by atoms with Gasteiger partial charge in [-0.15, -0.1) is 0 Å². The third-order valence-electron chi connectivity index (χ3n) is 3.75. The van der Waals surface area contributed by atoms with Gasteiger partial charge < -0.3 is 10.0 Å². The average Bonchev–Trinajstić information content (AvgIpc) is 2.61. The zero-order valence-electron chi connectivity index (χ0n) is 11.3. The molecule has 2 atom stereocenters. The van der Waals surface area contributed by atoms with E-state index in [1.165, 1.54) is 4.90 Å². The molecule has 4 nitrogen and oxygen atoms in total. The molecule has 17 heavy (non-hydrogen) atoms. The van der Waals surface area contributed by atoms with E-state index in [1.807, 2.05) is 34.6 Å². The van der Waals surface area contributed by atoms with Gasteiger partial charge in [-0.05, 0) is 31.6 Å². The average molecular weight is 238 g/mol. The van der Waals surface area contributed by atoms with Gasteiger partial charge in [-0.25, -0.2) is 4.79 Å². The molecule has 1 aliphatic rings. The summed E-state index contributed by atoms with van der Waals surface area (Å²) in [6.45, 7) is 10.5. The molecule has 4 heteroatoms. The summed E-state index contributed by atoms with van der Waals surface area (Å²) < 4.78 is 0. The Hall–Kier alpha value is -1.24. The van der Waals surface area contributed by atoms with Gasteiger partial charge in [0.1, 0.15) is 0 Å². The second-order valence-electron chi connectivity index (χ2n) is 6.52. The number of rotatable bonds is 1. The summed E-state index contributed by atoms with van der Waals surface area (Å²) in [5.74, 6) is 0.101. The normalized spacial score (nSPS) is 25.8. The van der Waals surface area contributed by atoms with Crippen LogP contribution < -0.4 is 0 Å². The van der Waals surface area contributed by atoms with E-state index >= 15 is 0 Å². The lowest BCUT2D eigenvalue weighted by Gasteiger charge is -2.40. The van der Waals surface area contributed by atoms with E-state index in [4.69, 9.17) is 0 Å². The molecular weight excluding hydrogens is 216 g/mol. The van der Waals surface area contributed by atoms with Gasteiger partial charge in [0.05, 0.1) is 11.5 Å². The number of carbonyl (C=O) groups is 1. The fourth-order valence-corrected chi connectivity index (χ4v) is 2.92. The van der Waals surface area contributed by atoms with Crippen LogP contribution in [0.4, 0.5) is 4.79 Å². The van der Waals surface area contributed by atoms with Crippen molar-refractivity contribution in [2.75, 3.05) is 6.54 Å². The minimum absolute atomic E-state index is 0.0883. The Morgan fingerprint density at radius 1 is 1.35 bits per heavy atom. The largest absolute Gasteiger partial charge is 0.465 e. The summed E-state index contributed by atoms with van der Waals surface area (Å²) in [7, 11) is 0. The Morgan fingerprint density at radius 3 is 2.24 bits per heavy atom. The Balaban J connectivity index is 3.11. The molecule has 0 aromatic heterocycles. The number of likely N-dealkylation sites (tertiary alicyclic amines) is 1. The first-order valence-corrected chi connectivity index (χ1v) is 6.02. The van der Waals surface area contributed by atoms with Gasteiger partial charge in [-0.3, -0.25) is 0 Å². The van der Waals surface area contributed by atoms with Crippen LogP contribution in [-0.2, 0) is 0 Å². The van der Waals surface area contributed by atoms with Gasteiger partial charge in [0.25, 0.3) is 0 Å². The summed E-state index contributed by atoms with van der Waals surface area (Å²) in [5, 5.41) is 18.5. The highest BCUT2D eigenvalue weighted by Crippen LogP contribution is 2.45. The molecule has 1 fully saturated rings. The summed E-state index contributed by atoms with van der Waals surface area (Å²) in [4.78, 5) is 12.8. The lowest BCUT2D eigenvalue weighted by molar-refractivity contribution is 0.0708. The molecule has 0 aromatic carbocycles. The topological polar surface area (TPSA) is 64.3 Å². The monoisotopic (exact) mass is 238 g/mol. The third kappa shape index (κ3) is 2.54. The molecule has 0 saturated carbocycles. The molecule has 0 bridgehead atoms. The van der Waals surface area contributed by atoms with E-state index in [0.717, 1.165) is 6.42 Å². The summed E-state index contributed by atoms with van der Waals surface area (Å²) in [6.07, 6.45) is -0.101. The molecule has 96 valence electrons. The fraction of sp³-hybridized carbons (Fsp3) is 0.846. The molecule has 1 aliphatic heterocycles. The maximum absolute atomic E-state index is 11.3. The van der Waals surface area contributed by atoms with Gasteiger partial charge in [-0.2, -0.15) is 5.26 Å². The van der Waals surface area contributed by atoms with Crippen molar-refractivity contribution in [3.8, 4) is 6.07 Å². The lowest BCUT2D eigenvalue weighted by atomic mass is 9.68. The molecule has 1 heterocycles. The van der Waals surface area contributed by atoms with E-state index < -0.39 is 11.5 Å². The third-order valence-corrected chi connectivity index (χ3v) is 3.75. The molecule has 1 N–H and O–H groups in total. The van der Waals surface area contributed by atoms with Gasteiger partial charge in [-0.1, -0.05) is 20.8 Å². The van der Waals surface area contributed by atoms with Crippen LogP contribution in [0.1, 0.15) is 41.0 Å². The molecular formula is C13H22N2O2. The van der Waals surface area contributed by atoms with E-state index in [9.17, 15) is 15.2 Å². The standard InChI is InChI=1S/C13H22N2O2/c1-12(2,3)10-9(13(4,5)8-14)6-7-15(10)11(16)17/h9-10H,6-7H2,1-5H3,(H,16,17). The van der Waals surface area contributed by atoms with Crippen LogP contribution in [-0.4, -0.2) is 28.7 Å². The van der Waals surface area contributed by atoms with Crippen LogP contribution in [0.3, 0.4) is 0 Å². The first-order valence-electron chi connectivity index (χ1n) is 6.02. The second kappa shape index (κ2) is 4.21. The lowest BCUT2D eigenvalue weighted by Crippen LogP contribution is -2.48. The van der Waals surface area contributed by atoms with Crippen LogP contribution in [0.15, 0.2) is 0 Å². The molecule has 0 radical (unpaired) electrons. The Bertz CT molecular complexity index is 349. The molecule has 1 rings (SSSR count). The van der Waals surface area contributed by atoms with Crippen molar-refractivity contribution >= 4 is 6.09 Å². The molecule has 0 aromatic rings. The molecule has 1 saturated heterocycles. The summed E-state index contributed by atoms with van der Waals surface area (Å²) in [6, 6.07) is 2.24. The van der Waals surface area contributed by atoms with Crippen LogP contribution in [0.25, 0.3) is 0 Å². The maximum Gasteiger partial charge on any atom is 0.407 e. The van der Waals surface area contributed by atoms with Gasteiger partial charge in [0.2, 0.25) is 0 Å². The highest BCUT2D eigenvalue weighted by molar-refractivity contribution is 5.66. The first kappa shape index (κ1) is 13.8. The van der Waals surface area contributed by atoms with E-state index in [2.05, 4.69) is 6.07 Å². The number of nitrogens with zero attached hydrogens (tertiary/aromatic N) is 2. The van der Waals surface area contributed by atoms with Crippen LogP contribution in [0, 0.1) is 28.1 Å². The minimum Gasteiger partial charge on any atom is -0.465 e. The zero-order valence-corrected chi connectivity index (χ0v) is 11.3. The van der Waals surface area contributed by atoms with E-state index in [-0.39, 0.29) is 17.4 Å². The predicted octanol–water partition coefficient (Wildman–Crippen LogP) is 2.95. The van der Waals surface area contributed by atoms with Crippen molar-refractivity contribution in [3.63, 3.8) is 0 Å². The second-order valence-corrected chi connectivity index (χ2v) is 6.52. The van der Waals surface area contributed by atoms with Crippen molar-refractivity contribution in [1.82, 2.24) is 4.90 Å². The molecule has 0 aliphatic carbocycles. The fourth-order valence-electron chi connectivity index (χ4n) is 2.92. The Labute approximate surface area is 103 Å². The van der Waals surface area contributed by atoms with Crippen LogP contribution >= 0.6 is 0 Å². The summed E-state index contributed by atoms with van der Waals surface area (Å²) >= 11 is 0. The van der Waals surface area contributed by atoms with Crippen LogP contribution in [0.5, 0.6) is 0 Å². The molecule has 0 spiro atoms. The molecule has 1 amide bonds. The van der Waals surface area contributed by atoms with Gasteiger partial charge >= 0.3 is 6.09 Å². The van der Waals surface area contributed by atoms with Gasteiger partial charge in [0.15, 0.2) is 0 Å². The SMILES string of the molecule is CC(C)(C)C1C(C(C)(C)C#N)CCN1C(=O)O. The predicted molar refractivity (Wildman–Crippen MR) is 65.5 cm³/mol. The van der Waals surface area contributed by atoms with Crippen molar-refractivity contribution in [1.29, 1.82) is 5.26 Å². The summed E-state index contributed by atoms with van der Waals surface area (Å²) in [5.41, 5.74) is -0.629. The van der Waals surface area contributed by atoms with Gasteiger partial charge in [0, 0.05) is 12.6 Å². The van der Waals surface area contributed by atoms with E-state index in [0.29, 0.717) is 6.54 Å². The highest BCUT2D eigenvalue weighted by Gasteiger charge is 2.49. The maximum atomic E-state index is 11.3. The zero-order chi connectivity index (χ0) is 13.4. The van der Waals surface area contributed by atoms with Crippen molar-refractivity contribution in [3.05, 3.63) is 0 Å². The number of hydrogen-bond acceptors (Lipinski definition) is 2. The van der Waals surface area contributed by atoms with E-state index in [1.54, 1.807) is 0 Å². The van der Waals surface area contributed by atoms with Crippen LogP contribution in [0.2, 0.25) is 0 Å². The van der Waals surface area contributed by atoms with Crippen molar-refractivity contribution in [2.24, 2.45) is 16.7 Å². The Morgan fingerprint density at radius 2 is 1.88 bits per heavy atom. The highest BCUT2D eigenvalue weighted by atomic mass is 16.4. The first-order chi connectivity index (χ1) is 7.61. The number of hydrogen-bond donors (Lipinski definition) is 1. The minimum atomic E-state index is -0.874. The number of nitriles is 1. The quantitative estimate of drug-likeness (QED) is 0.763. The molecule has 2 unspecified atom stereocenters. The van der Waals surface area contributed by atoms with Crippen molar-refractivity contribution < 1.29 is 9.90 Å². The van der Waals surface area contributed by atoms with Crippen molar-refractivity contribution in [2.45, 2.75) is 47.1 Å². The Kier molecular flexibility index (Phi) is 3.42. The number of carboxylic acid groups (broad SMARTS) is 1.